The van der Waals surface area contributed by atoms with Crippen molar-refractivity contribution in [3.05, 3.63) is 110 Å². The predicted octanol–water partition coefficient (Wildman–Crippen LogP) is 4.86. The van der Waals surface area contributed by atoms with Gasteiger partial charge in [0.2, 0.25) is 0 Å². The number of nitrogens with zero attached hydrogens (tertiary/aromatic N) is 2. The average molecular weight is 440 g/mol. The van der Waals surface area contributed by atoms with Gasteiger partial charge in [-0.25, -0.2) is 4.98 Å². The maximum Gasteiger partial charge on any atom is 0.272 e. The summed E-state index contributed by atoms with van der Waals surface area (Å²) in [7, 11) is 0. The molecule has 0 saturated heterocycles. The zero-order chi connectivity index (χ0) is 23.5. The Morgan fingerprint density at radius 3 is 2.15 bits per heavy atom. The number of amides is 1. The van der Waals surface area contributed by atoms with Crippen molar-refractivity contribution in [3.8, 4) is 0 Å². The Bertz CT molecular complexity index is 1370. The van der Waals surface area contributed by atoms with Gasteiger partial charge in [-0.1, -0.05) is 43.3 Å². The van der Waals surface area contributed by atoms with Crippen molar-refractivity contribution in [1.82, 2.24) is 14.9 Å². The normalized spacial score (nSPS) is 11.0. The van der Waals surface area contributed by atoms with Crippen LogP contribution in [0.15, 0.2) is 65.5 Å². The van der Waals surface area contributed by atoms with E-state index in [0.717, 1.165) is 39.7 Å². The van der Waals surface area contributed by atoms with Gasteiger partial charge in [0.15, 0.2) is 0 Å². The number of hydrogen-bond donors (Lipinski definition) is 1. The minimum Gasteiger partial charge on any atom is -0.348 e. The van der Waals surface area contributed by atoms with E-state index in [9.17, 15) is 9.59 Å². The quantitative estimate of drug-likeness (QED) is 0.467. The summed E-state index contributed by atoms with van der Waals surface area (Å²) in [6.45, 7) is 8.86. The highest BCUT2D eigenvalue weighted by Gasteiger charge is 2.11. The summed E-state index contributed by atoms with van der Waals surface area (Å²) in [6.07, 6.45) is 0.999. The van der Waals surface area contributed by atoms with Gasteiger partial charge < -0.3 is 9.88 Å². The highest BCUT2D eigenvalue weighted by molar-refractivity contribution is 5.94. The first-order valence-corrected chi connectivity index (χ1v) is 11.3. The number of aryl methyl sites for hydroxylation is 4. The van der Waals surface area contributed by atoms with Gasteiger partial charge in [-0.2, -0.15) is 0 Å². The maximum atomic E-state index is 12.9. The van der Waals surface area contributed by atoms with Crippen LogP contribution in [-0.4, -0.2) is 15.5 Å². The fourth-order valence-corrected chi connectivity index (χ4v) is 3.90. The molecule has 4 rings (SSSR count). The van der Waals surface area contributed by atoms with Crippen LogP contribution in [0.2, 0.25) is 0 Å². The third-order valence-electron chi connectivity index (χ3n) is 6.17. The molecular formula is C28H29N3O2. The largest absolute Gasteiger partial charge is 0.348 e. The molecule has 33 heavy (non-hydrogen) atoms. The summed E-state index contributed by atoms with van der Waals surface area (Å²) in [4.78, 5) is 29.9. The van der Waals surface area contributed by atoms with E-state index in [0.29, 0.717) is 24.3 Å². The molecule has 0 atom stereocenters. The van der Waals surface area contributed by atoms with E-state index in [1.165, 1.54) is 5.56 Å². The molecule has 5 heteroatoms. The number of aromatic nitrogens is 2. The third kappa shape index (κ3) is 4.87. The molecule has 0 bridgehead atoms. The highest BCUT2D eigenvalue weighted by atomic mass is 16.1. The second kappa shape index (κ2) is 9.41. The smallest absolute Gasteiger partial charge is 0.272 e. The van der Waals surface area contributed by atoms with Gasteiger partial charge in [0.25, 0.3) is 11.5 Å². The summed E-state index contributed by atoms with van der Waals surface area (Å²) in [5.74, 6) is -0.116. The van der Waals surface area contributed by atoms with Crippen molar-refractivity contribution in [1.29, 1.82) is 0 Å². The van der Waals surface area contributed by atoms with Crippen LogP contribution >= 0.6 is 0 Å². The zero-order valence-corrected chi connectivity index (χ0v) is 19.6. The summed E-state index contributed by atoms with van der Waals surface area (Å²) < 4.78 is 1.76. The fourth-order valence-electron chi connectivity index (χ4n) is 3.90. The Morgan fingerprint density at radius 1 is 0.879 bits per heavy atom. The summed E-state index contributed by atoms with van der Waals surface area (Å²) >= 11 is 0. The third-order valence-corrected chi connectivity index (χ3v) is 6.17. The van der Waals surface area contributed by atoms with E-state index in [2.05, 4.69) is 29.4 Å². The lowest BCUT2D eigenvalue weighted by atomic mass is 10.1. The van der Waals surface area contributed by atoms with Gasteiger partial charge in [0, 0.05) is 12.1 Å². The second-order valence-electron chi connectivity index (χ2n) is 8.56. The summed E-state index contributed by atoms with van der Waals surface area (Å²) in [5.41, 5.74) is 8.20. The monoisotopic (exact) mass is 439 g/mol. The zero-order valence-electron chi connectivity index (χ0n) is 19.6. The van der Waals surface area contributed by atoms with Crippen LogP contribution in [-0.2, 0) is 19.5 Å². The van der Waals surface area contributed by atoms with Crippen molar-refractivity contribution in [2.45, 2.75) is 47.2 Å². The van der Waals surface area contributed by atoms with E-state index in [1.807, 2.05) is 62.4 Å². The molecule has 0 aliphatic rings. The van der Waals surface area contributed by atoms with Crippen LogP contribution in [0.5, 0.6) is 0 Å². The van der Waals surface area contributed by atoms with Crippen LogP contribution < -0.4 is 10.9 Å². The molecule has 1 aromatic heterocycles. The summed E-state index contributed by atoms with van der Waals surface area (Å²) in [5, 5.41) is 2.97. The minimum absolute atomic E-state index is 0.0957. The van der Waals surface area contributed by atoms with Gasteiger partial charge in [-0.15, -0.1) is 0 Å². The Kier molecular flexibility index (Phi) is 6.40. The maximum absolute atomic E-state index is 12.9. The van der Waals surface area contributed by atoms with Gasteiger partial charge in [0.05, 0.1) is 17.6 Å². The Hall–Kier alpha value is -3.73. The molecule has 1 N–H and O–H groups in total. The molecule has 0 unspecified atom stereocenters. The van der Waals surface area contributed by atoms with Crippen molar-refractivity contribution < 1.29 is 4.79 Å². The number of benzene rings is 3. The van der Waals surface area contributed by atoms with Crippen LogP contribution in [0, 0.1) is 20.8 Å². The molecular weight excluding hydrogens is 410 g/mol. The van der Waals surface area contributed by atoms with E-state index in [4.69, 9.17) is 0 Å². The standard InChI is InChI=1S/C28H29N3O2/c1-5-21-6-8-22(9-7-21)16-29-27(32)24-12-10-23(11-13-24)17-31-26-15-19(3)18(2)14-25(26)30-20(4)28(31)33/h6-15H,5,16-17H2,1-4H3,(H,29,32). The highest BCUT2D eigenvalue weighted by Crippen LogP contribution is 2.18. The number of carbonyl (C=O) groups excluding carboxylic acids is 1. The number of hydrogen-bond acceptors (Lipinski definition) is 3. The van der Waals surface area contributed by atoms with Gasteiger partial charge in [-0.3, -0.25) is 9.59 Å². The van der Waals surface area contributed by atoms with Crippen molar-refractivity contribution in [2.24, 2.45) is 0 Å². The Morgan fingerprint density at radius 2 is 1.48 bits per heavy atom. The Balaban J connectivity index is 1.51. The minimum atomic E-state index is -0.116. The molecule has 0 aliphatic heterocycles. The topological polar surface area (TPSA) is 64.0 Å². The van der Waals surface area contributed by atoms with E-state index >= 15 is 0 Å². The fraction of sp³-hybridized carbons (Fsp3) is 0.250. The van der Waals surface area contributed by atoms with Gasteiger partial charge in [0.1, 0.15) is 5.69 Å². The molecule has 1 amide bonds. The van der Waals surface area contributed by atoms with Crippen molar-refractivity contribution in [3.63, 3.8) is 0 Å². The second-order valence-corrected chi connectivity index (χ2v) is 8.56. The number of carbonyl (C=O) groups is 1. The van der Waals surface area contributed by atoms with Crippen LogP contribution in [0.3, 0.4) is 0 Å². The lowest BCUT2D eigenvalue weighted by Crippen LogP contribution is -2.25. The molecule has 0 spiro atoms. The van der Waals surface area contributed by atoms with E-state index in [1.54, 1.807) is 11.5 Å². The molecule has 0 radical (unpaired) electrons. The first kappa shape index (κ1) is 22.5. The molecule has 3 aromatic carbocycles. The predicted molar refractivity (Wildman–Crippen MR) is 133 cm³/mol. The number of rotatable bonds is 6. The Labute approximate surface area is 194 Å². The van der Waals surface area contributed by atoms with E-state index < -0.39 is 0 Å². The molecule has 4 aromatic rings. The van der Waals surface area contributed by atoms with Crippen molar-refractivity contribution >= 4 is 16.9 Å². The molecule has 5 nitrogen and oxygen atoms in total. The van der Waals surface area contributed by atoms with Gasteiger partial charge in [-0.05, 0) is 79.3 Å². The number of nitrogens with one attached hydrogen (secondary N) is 1. The summed E-state index contributed by atoms with van der Waals surface area (Å²) in [6, 6.07) is 19.7. The first-order chi connectivity index (χ1) is 15.9. The average Bonchev–Trinajstić information content (AvgIpc) is 2.82. The lowest BCUT2D eigenvalue weighted by Gasteiger charge is -2.13. The molecule has 0 fully saturated rings. The molecule has 168 valence electrons. The van der Waals surface area contributed by atoms with Crippen LogP contribution in [0.1, 0.15) is 50.8 Å². The molecule has 0 aliphatic carbocycles. The first-order valence-electron chi connectivity index (χ1n) is 11.3. The van der Waals surface area contributed by atoms with Crippen molar-refractivity contribution in [2.75, 3.05) is 0 Å². The lowest BCUT2D eigenvalue weighted by molar-refractivity contribution is 0.0951. The SMILES string of the molecule is CCc1ccc(CNC(=O)c2ccc(Cn3c(=O)c(C)nc4cc(C)c(C)cc43)cc2)cc1. The van der Waals surface area contributed by atoms with Gasteiger partial charge >= 0.3 is 0 Å². The van der Waals surface area contributed by atoms with E-state index in [-0.39, 0.29) is 11.5 Å². The van der Waals surface area contributed by atoms with Crippen LogP contribution in [0.4, 0.5) is 0 Å². The molecule has 1 heterocycles. The van der Waals surface area contributed by atoms with Crippen LogP contribution in [0.25, 0.3) is 11.0 Å². The number of fused-ring (bicyclic) bond motifs is 1. The molecule has 0 saturated carbocycles.